The molecule has 2 aromatic heterocycles. The molecule has 148 valence electrons. The van der Waals surface area contributed by atoms with Crippen LogP contribution >= 0.6 is 0 Å². The van der Waals surface area contributed by atoms with Crippen LogP contribution in [0.2, 0.25) is 0 Å². The van der Waals surface area contributed by atoms with E-state index < -0.39 is 0 Å². The number of piperidine rings is 1. The minimum Gasteiger partial charge on any atom is -0.392 e. The van der Waals surface area contributed by atoms with Crippen LogP contribution in [-0.2, 0) is 0 Å². The number of aliphatic hydroxyl groups excluding tert-OH is 1. The van der Waals surface area contributed by atoms with Crippen LogP contribution in [-0.4, -0.2) is 75.3 Å². The van der Waals surface area contributed by atoms with Crippen LogP contribution in [0.5, 0.6) is 0 Å². The van der Waals surface area contributed by atoms with E-state index in [0.717, 1.165) is 69.4 Å². The van der Waals surface area contributed by atoms with Crippen molar-refractivity contribution in [2.45, 2.75) is 39.7 Å². The molecule has 3 N–H and O–H groups in total. The third-order valence-corrected chi connectivity index (χ3v) is 6.29. The average molecular weight is 374 g/mol. The minimum absolute atomic E-state index is 0.181. The highest BCUT2D eigenvalue weighted by atomic mass is 16.3. The van der Waals surface area contributed by atoms with Crippen molar-refractivity contribution in [3.63, 3.8) is 0 Å². The normalized spacial score (nSPS) is 26.0. The Morgan fingerprint density at radius 1 is 1.30 bits per heavy atom. The number of aliphatic hydroxyl groups is 1. The smallest absolute Gasteiger partial charge is 0.229 e. The molecule has 2 saturated heterocycles. The van der Waals surface area contributed by atoms with Gasteiger partial charge in [-0.2, -0.15) is 9.97 Å². The molecule has 0 spiro atoms. The van der Waals surface area contributed by atoms with Crippen molar-refractivity contribution in [1.29, 1.82) is 0 Å². The molecule has 4 rings (SSSR count). The summed E-state index contributed by atoms with van der Waals surface area (Å²) in [5, 5.41) is 13.1. The summed E-state index contributed by atoms with van der Waals surface area (Å²) in [4.78, 5) is 21.6. The molecule has 8 nitrogen and oxygen atoms in total. The number of anilines is 2. The molecule has 0 bridgehead atoms. The first-order valence-electron chi connectivity index (χ1n) is 10.0. The maximum Gasteiger partial charge on any atom is 0.229 e. The molecular weight excluding hydrogens is 342 g/mol. The molecule has 1 unspecified atom stereocenters. The van der Waals surface area contributed by atoms with E-state index in [0.29, 0.717) is 11.6 Å². The van der Waals surface area contributed by atoms with Crippen molar-refractivity contribution in [3.05, 3.63) is 6.33 Å². The van der Waals surface area contributed by atoms with E-state index in [1.165, 1.54) is 0 Å². The Balaban J connectivity index is 1.50. The number of likely N-dealkylation sites (tertiary alicyclic amines) is 1. The summed E-state index contributed by atoms with van der Waals surface area (Å²) in [7, 11) is 0. The van der Waals surface area contributed by atoms with Gasteiger partial charge in [-0.15, -0.1) is 0 Å². The van der Waals surface area contributed by atoms with E-state index in [1.54, 1.807) is 6.33 Å². The number of aromatic amines is 1. The first-order valence-corrected chi connectivity index (χ1v) is 10.0. The molecule has 0 radical (unpaired) electrons. The van der Waals surface area contributed by atoms with Gasteiger partial charge in [0.15, 0.2) is 11.5 Å². The fraction of sp³-hybridized carbons (Fsp3) is 0.737. The van der Waals surface area contributed by atoms with Crippen molar-refractivity contribution < 1.29 is 5.11 Å². The van der Waals surface area contributed by atoms with Crippen LogP contribution in [0.4, 0.5) is 11.8 Å². The molecule has 0 aliphatic carbocycles. The molecule has 0 saturated carbocycles. The van der Waals surface area contributed by atoms with E-state index in [-0.39, 0.29) is 11.5 Å². The summed E-state index contributed by atoms with van der Waals surface area (Å²) in [6, 6.07) is 0. The average Bonchev–Trinajstić information content (AvgIpc) is 3.26. The lowest BCUT2D eigenvalue weighted by Crippen LogP contribution is -2.45. The molecule has 0 amide bonds. The minimum atomic E-state index is -0.181. The number of fused-ring (bicyclic) bond motifs is 1. The number of imidazole rings is 1. The lowest BCUT2D eigenvalue weighted by molar-refractivity contribution is 0.177. The third kappa shape index (κ3) is 3.87. The summed E-state index contributed by atoms with van der Waals surface area (Å²) in [6.07, 6.45) is 3.51. The Morgan fingerprint density at radius 3 is 2.89 bits per heavy atom. The number of nitrogens with one attached hydrogen (secondary N) is 2. The van der Waals surface area contributed by atoms with E-state index >= 15 is 0 Å². The van der Waals surface area contributed by atoms with Crippen LogP contribution in [0.1, 0.15) is 33.6 Å². The number of H-pyrrole nitrogens is 1. The quantitative estimate of drug-likeness (QED) is 0.734. The Labute approximate surface area is 160 Å². The van der Waals surface area contributed by atoms with Gasteiger partial charge in [0, 0.05) is 39.3 Å². The zero-order valence-electron chi connectivity index (χ0n) is 16.6. The molecule has 8 heteroatoms. The van der Waals surface area contributed by atoms with Crippen LogP contribution in [0, 0.1) is 11.3 Å². The highest BCUT2D eigenvalue weighted by molar-refractivity contribution is 5.83. The van der Waals surface area contributed by atoms with Gasteiger partial charge in [0.2, 0.25) is 5.95 Å². The molecule has 2 atom stereocenters. The van der Waals surface area contributed by atoms with Gasteiger partial charge in [0.25, 0.3) is 0 Å². The SMILES string of the molecule is CC1CCN(c2nc(NCCN3CC[C@H](O)C3)c3[nH]cnc3n2)CC1(C)C. The van der Waals surface area contributed by atoms with Crippen LogP contribution in [0.25, 0.3) is 11.2 Å². The van der Waals surface area contributed by atoms with Crippen molar-refractivity contribution in [2.75, 3.05) is 49.5 Å². The van der Waals surface area contributed by atoms with Crippen LogP contribution < -0.4 is 10.2 Å². The number of nitrogens with zero attached hydrogens (tertiary/aromatic N) is 5. The molecule has 2 aliphatic heterocycles. The maximum atomic E-state index is 9.67. The van der Waals surface area contributed by atoms with Crippen molar-refractivity contribution in [1.82, 2.24) is 24.8 Å². The van der Waals surface area contributed by atoms with Crippen LogP contribution in [0.15, 0.2) is 6.33 Å². The predicted molar refractivity (Wildman–Crippen MR) is 107 cm³/mol. The monoisotopic (exact) mass is 373 g/mol. The van der Waals surface area contributed by atoms with Gasteiger partial charge in [-0.1, -0.05) is 20.8 Å². The number of aromatic nitrogens is 4. The number of rotatable bonds is 5. The van der Waals surface area contributed by atoms with Gasteiger partial charge in [-0.05, 0) is 24.2 Å². The topological polar surface area (TPSA) is 93.2 Å². The Bertz CT molecular complexity index is 789. The van der Waals surface area contributed by atoms with Gasteiger partial charge in [0.1, 0.15) is 5.52 Å². The second kappa shape index (κ2) is 7.24. The zero-order valence-corrected chi connectivity index (χ0v) is 16.6. The fourth-order valence-electron chi connectivity index (χ4n) is 4.08. The highest BCUT2D eigenvalue weighted by Gasteiger charge is 2.34. The lowest BCUT2D eigenvalue weighted by Gasteiger charge is -2.42. The Hall–Kier alpha value is -1.93. The number of β-amino-alcohol motifs (C(OH)–C–C–N with tert-alkyl or cyclic N) is 1. The van der Waals surface area contributed by atoms with E-state index in [1.807, 2.05) is 0 Å². The van der Waals surface area contributed by atoms with Crippen molar-refractivity contribution >= 4 is 22.9 Å². The summed E-state index contributed by atoms with van der Waals surface area (Å²) >= 11 is 0. The van der Waals surface area contributed by atoms with Gasteiger partial charge in [-0.3, -0.25) is 4.90 Å². The van der Waals surface area contributed by atoms with Gasteiger partial charge < -0.3 is 20.3 Å². The summed E-state index contributed by atoms with van der Waals surface area (Å²) < 4.78 is 0. The van der Waals surface area contributed by atoms with E-state index in [9.17, 15) is 5.11 Å². The maximum absolute atomic E-state index is 9.67. The standard InChI is InChI=1S/C19H31N7O/c1-13-4-8-26(11-19(13,2)3)18-23-16(15-17(24-18)22-12-21-15)20-6-9-25-7-5-14(27)10-25/h12-14,27H,4-11H2,1-3H3,(H2,20,21,22,23,24)/t13?,14-/m0/s1. The summed E-state index contributed by atoms with van der Waals surface area (Å²) in [5.41, 5.74) is 1.80. The van der Waals surface area contributed by atoms with E-state index in [2.05, 4.69) is 45.9 Å². The molecule has 27 heavy (non-hydrogen) atoms. The van der Waals surface area contributed by atoms with Crippen molar-refractivity contribution in [2.24, 2.45) is 11.3 Å². The Kier molecular flexibility index (Phi) is 4.94. The lowest BCUT2D eigenvalue weighted by atomic mass is 9.75. The highest BCUT2D eigenvalue weighted by Crippen LogP contribution is 2.36. The molecular formula is C19H31N7O. The first kappa shape index (κ1) is 18.4. The van der Waals surface area contributed by atoms with Gasteiger partial charge in [-0.25, -0.2) is 4.98 Å². The summed E-state index contributed by atoms with van der Waals surface area (Å²) in [5.74, 6) is 2.26. The van der Waals surface area contributed by atoms with Gasteiger partial charge in [0.05, 0.1) is 12.4 Å². The molecule has 2 aliphatic rings. The molecule has 2 fully saturated rings. The number of hydrogen-bond donors (Lipinski definition) is 3. The third-order valence-electron chi connectivity index (χ3n) is 6.29. The van der Waals surface area contributed by atoms with Crippen LogP contribution in [0.3, 0.4) is 0 Å². The second-order valence-corrected chi connectivity index (χ2v) is 8.74. The first-order chi connectivity index (χ1) is 12.9. The zero-order chi connectivity index (χ0) is 19.0. The predicted octanol–water partition coefficient (Wildman–Crippen LogP) is 1.70. The van der Waals surface area contributed by atoms with E-state index in [4.69, 9.17) is 9.97 Å². The molecule has 4 heterocycles. The number of hydrogen-bond acceptors (Lipinski definition) is 7. The molecule has 2 aromatic rings. The molecule has 0 aromatic carbocycles. The van der Waals surface area contributed by atoms with Crippen molar-refractivity contribution in [3.8, 4) is 0 Å². The Morgan fingerprint density at radius 2 is 2.15 bits per heavy atom. The summed E-state index contributed by atoms with van der Waals surface area (Å²) in [6.45, 7) is 12.3. The van der Waals surface area contributed by atoms with Gasteiger partial charge >= 0.3 is 0 Å². The largest absolute Gasteiger partial charge is 0.392 e. The fourth-order valence-corrected chi connectivity index (χ4v) is 4.08. The second-order valence-electron chi connectivity index (χ2n) is 8.74.